The van der Waals surface area contributed by atoms with E-state index in [9.17, 15) is 0 Å². The maximum absolute atomic E-state index is 4.23. The summed E-state index contributed by atoms with van der Waals surface area (Å²) in [5.74, 6) is 0. The van der Waals surface area contributed by atoms with E-state index in [1.54, 1.807) is 0 Å². The van der Waals surface area contributed by atoms with Crippen molar-refractivity contribution in [1.82, 2.24) is 10.3 Å². The summed E-state index contributed by atoms with van der Waals surface area (Å²) in [5.41, 5.74) is 1.15. The van der Waals surface area contributed by atoms with Crippen LogP contribution in [0.5, 0.6) is 0 Å². The van der Waals surface area contributed by atoms with Crippen molar-refractivity contribution in [3.63, 3.8) is 0 Å². The molecule has 0 aromatic carbocycles. The molecule has 0 saturated heterocycles. The smallest absolute Gasteiger partial charge is 0.0419 e. The molecule has 60 valence electrons. The average Bonchev–Trinajstić information content (AvgIpc) is 2.06. The Balaban J connectivity index is 2.51. The molecule has 0 bridgehead atoms. The quantitative estimate of drug-likeness (QED) is 0.701. The van der Waals surface area contributed by atoms with Crippen LogP contribution in [0.2, 0.25) is 0 Å². The topological polar surface area (TPSA) is 24.9 Å². The van der Waals surface area contributed by atoms with Crippen LogP contribution in [0.1, 0.15) is 12.6 Å². The molecule has 0 aliphatic carbocycles. The van der Waals surface area contributed by atoms with E-state index in [4.69, 9.17) is 0 Å². The van der Waals surface area contributed by atoms with Gasteiger partial charge in [0, 0.05) is 24.4 Å². The third kappa shape index (κ3) is 2.68. The van der Waals surface area contributed by atoms with Gasteiger partial charge in [0.15, 0.2) is 0 Å². The summed E-state index contributed by atoms with van der Waals surface area (Å²) >= 11 is 0. The van der Waals surface area contributed by atoms with Gasteiger partial charge >= 0.3 is 0 Å². The Kier molecular flexibility index (Phi) is 3.05. The van der Waals surface area contributed by atoms with Gasteiger partial charge in [-0.05, 0) is 26.1 Å². The molecule has 2 nitrogen and oxygen atoms in total. The van der Waals surface area contributed by atoms with Crippen LogP contribution >= 0.6 is 0 Å². The van der Waals surface area contributed by atoms with Crippen molar-refractivity contribution in [2.45, 2.75) is 19.4 Å². The van der Waals surface area contributed by atoms with Crippen molar-refractivity contribution in [3.8, 4) is 0 Å². The lowest BCUT2D eigenvalue weighted by atomic mass is 10.2. The zero-order valence-corrected chi connectivity index (χ0v) is 7.04. The molecule has 0 saturated carbocycles. The standard InChI is InChI=1S/C9H14N2/c1-8(10-2)7-9-5-3-4-6-11-9/h3-6,8,10H,7H2,1-2H3. The minimum Gasteiger partial charge on any atom is -0.317 e. The van der Waals surface area contributed by atoms with Crippen molar-refractivity contribution in [2.75, 3.05) is 7.05 Å². The van der Waals surface area contributed by atoms with E-state index in [2.05, 4.69) is 17.2 Å². The highest BCUT2D eigenvalue weighted by Crippen LogP contribution is 1.97. The predicted octanol–water partition coefficient (Wildman–Crippen LogP) is 1.23. The van der Waals surface area contributed by atoms with E-state index in [1.807, 2.05) is 31.4 Å². The zero-order chi connectivity index (χ0) is 8.10. The summed E-state index contributed by atoms with van der Waals surface area (Å²) in [5, 5.41) is 3.17. The second-order valence-corrected chi connectivity index (χ2v) is 2.71. The Morgan fingerprint density at radius 2 is 2.36 bits per heavy atom. The van der Waals surface area contributed by atoms with Gasteiger partial charge in [0.25, 0.3) is 0 Å². The molecule has 1 rings (SSSR count). The van der Waals surface area contributed by atoms with Gasteiger partial charge < -0.3 is 5.32 Å². The molecule has 0 radical (unpaired) electrons. The lowest BCUT2D eigenvalue weighted by Crippen LogP contribution is -2.23. The number of likely N-dealkylation sites (N-methyl/N-ethyl adjacent to an activating group) is 1. The largest absolute Gasteiger partial charge is 0.317 e. The van der Waals surface area contributed by atoms with Crippen molar-refractivity contribution in [3.05, 3.63) is 30.1 Å². The summed E-state index contributed by atoms with van der Waals surface area (Å²) in [4.78, 5) is 4.23. The van der Waals surface area contributed by atoms with Gasteiger partial charge in [0.05, 0.1) is 0 Å². The van der Waals surface area contributed by atoms with Crippen molar-refractivity contribution in [2.24, 2.45) is 0 Å². The second-order valence-electron chi connectivity index (χ2n) is 2.71. The van der Waals surface area contributed by atoms with Crippen LogP contribution in [0.3, 0.4) is 0 Å². The van der Waals surface area contributed by atoms with Gasteiger partial charge in [0.1, 0.15) is 0 Å². The first kappa shape index (κ1) is 8.21. The lowest BCUT2D eigenvalue weighted by molar-refractivity contribution is 0.601. The number of hydrogen-bond acceptors (Lipinski definition) is 2. The van der Waals surface area contributed by atoms with Crippen LogP contribution in [0, 0.1) is 0 Å². The molecule has 1 heterocycles. The average molecular weight is 150 g/mol. The number of nitrogens with zero attached hydrogens (tertiary/aromatic N) is 1. The van der Waals surface area contributed by atoms with Gasteiger partial charge in [-0.15, -0.1) is 0 Å². The lowest BCUT2D eigenvalue weighted by Gasteiger charge is -2.07. The molecule has 0 fully saturated rings. The number of rotatable bonds is 3. The predicted molar refractivity (Wildman–Crippen MR) is 46.5 cm³/mol. The normalized spacial score (nSPS) is 12.9. The van der Waals surface area contributed by atoms with Crippen LogP contribution < -0.4 is 5.32 Å². The first-order valence-electron chi connectivity index (χ1n) is 3.90. The van der Waals surface area contributed by atoms with Crippen LogP contribution in [0.4, 0.5) is 0 Å². The highest BCUT2D eigenvalue weighted by molar-refractivity contribution is 5.04. The van der Waals surface area contributed by atoms with Gasteiger partial charge in [-0.1, -0.05) is 6.07 Å². The molecule has 0 spiro atoms. The van der Waals surface area contributed by atoms with Gasteiger partial charge in [-0.3, -0.25) is 4.98 Å². The third-order valence-corrected chi connectivity index (χ3v) is 1.73. The minimum atomic E-state index is 0.505. The second kappa shape index (κ2) is 4.09. The Morgan fingerprint density at radius 3 is 2.91 bits per heavy atom. The number of nitrogens with one attached hydrogen (secondary N) is 1. The van der Waals surface area contributed by atoms with Crippen molar-refractivity contribution in [1.29, 1.82) is 0 Å². The summed E-state index contributed by atoms with van der Waals surface area (Å²) in [7, 11) is 1.97. The first-order chi connectivity index (χ1) is 5.33. The Labute approximate surface area is 67.7 Å². The third-order valence-electron chi connectivity index (χ3n) is 1.73. The van der Waals surface area contributed by atoms with Crippen LogP contribution in [0.25, 0.3) is 0 Å². The number of hydrogen-bond donors (Lipinski definition) is 1. The fraction of sp³-hybridized carbons (Fsp3) is 0.444. The number of aromatic nitrogens is 1. The molecule has 1 aromatic rings. The van der Waals surface area contributed by atoms with E-state index < -0.39 is 0 Å². The van der Waals surface area contributed by atoms with Crippen molar-refractivity contribution < 1.29 is 0 Å². The minimum absolute atomic E-state index is 0.505. The molecule has 1 unspecified atom stereocenters. The summed E-state index contributed by atoms with van der Waals surface area (Å²) in [6.45, 7) is 2.15. The van der Waals surface area contributed by atoms with E-state index in [-0.39, 0.29) is 0 Å². The van der Waals surface area contributed by atoms with E-state index in [1.165, 1.54) is 0 Å². The van der Waals surface area contributed by atoms with E-state index >= 15 is 0 Å². The highest BCUT2D eigenvalue weighted by Gasteiger charge is 1.99. The van der Waals surface area contributed by atoms with Gasteiger partial charge in [0.2, 0.25) is 0 Å². The fourth-order valence-corrected chi connectivity index (χ4v) is 0.935. The Bertz CT molecular complexity index is 196. The molecular formula is C9H14N2. The summed E-state index contributed by atoms with van der Waals surface area (Å²) < 4.78 is 0. The van der Waals surface area contributed by atoms with E-state index in [0.717, 1.165) is 12.1 Å². The maximum atomic E-state index is 4.23. The molecule has 2 heteroatoms. The highest BCUT2D eigenvalue weighted by atomic mass is 14.9. The molecule has 0 aliphatic heterocycles. The molecule has 1 atom stereocenters. The zero-order valence-electron chi connectivity index (χ0n) is 7.04. The van der Waals surface area contributed by atoms with Crippen LogP contribution in [-0.4, -0.2) is 18.1 Å². The fourth-order valence-electron chi connectivity index (χ4n) is 0.935. The molecular weight excluding hydrogens is 136 g/mol. The SMILES string of the molecule is CNC(C)Cc1ccccn1. The molecule has 11 heavy (non-hydrogen) atoms. The summed E-state index contributed by atoms with van der Waals surface area (Å²) in [6, 6.07) is 6.51. The number of pyridine rings is 1. The van der Waals surface area contributed by atoms with Crippen LogP contribution in [0.15, 0.2) is 24.4 Å². The monoisotopic (exact) mass is 150 g/mol. The first-order valence-corrected chi connectivity index (χ1v) is 3.90. The van der Waals surface area contributed by atoms with Crippen LogP contribution in [-0.2, 0) is 6.42 Å². The maximum Gasteiger partial charge on any atom is 0.0419 e. The molecule has 0 aliphatic rings. The van der Waals surface area contributed by atoms with Gasteiger partial charge in [-0.2, -0.15) is 0 Å². The van der Waals surface area contributed by atoms with Gasteiger partial charge in [-0.25, -0.2) is 0 Å². The molecule has 1 N–H and O–H groups in total. The Hall–Kier alpha value is -0.890. The molecule has 0 amide bonds. The summed E-state index contributed by atoms with van der Waals surface area (Å²) in [6.07, 6.45) is 2.83. The van der Waals surface area contributed by atoms with E-state index in [0.29, 0.717) is 6.04 Å². The Morgan fingerprint density at radius 1 is 1.55 bits per heavy atom. The van der Waals surface area contributed by atoms with Crippen molar-refractivity contribution >= 4 is 0 Å². The molecule has 1 aromatic heterocycles.